The average molecular weight is 327 g/mol. The van der Waals surface area contributed by atoms with Crippen LogP contribution in [0.3, 0.4) is 0 Å². The summed E-state index contributed by atoms with van der Waals surface area (Å²) in [4.78, 5) is 23.2. The van der Waals surface area contributed by atoms with Gasteiger partial charge in [0.2, 0.25) is 5.91 Å². The monoisotopic (exact) mass is 327 g/mol. The summed E-state index contributed by atoms with van der Waals surface area (Å²) in [5.41, 5.74) is 1.38. The lowest BCUT2D eigenvalue weighted by Gasteiger charge is -2.21. The Morgan fingerprint density at radius 1 is 1.08 bits per heavy atom. The molecule has 24 heavy (non-hydrogen) atoms. The first-order valence-electron chi connectivity index (χ1n) is 7.65. The number of aryl methyl sites for hydroxylation is 1. The van der Waals surface area contributed by atoms with Crippen molar-refractivity contribution in [3.63, 3.8) is 0 Å². The molecule has 2 aromatic carbocycles. The highest BCUT2D eigenvalue weighted by Crippen LogP contribution is 2.21. The molecule has 126 valence electrons. The summed E-state index contributed by atoms with van der Waals surface area (Å²) in [5, 5.41) is 11.9. The van der Waals surface area contributed by atoms with Crippen molar-refractivity contribution in [2.75, 3.05) is 5.32 Å². The number of carbonyl (C=O) groups excluding carboxylic acids is 1. The number of aliphatic carboxylic acids is 1. The number of carboxylic acids is 1. The molecule has 0 saturated heterocycles. The number of nitrogens with one attached hydrogen (secondary N) is 1. The van der Waals surface area contributed by atoms with Crippen LogP contribution in [-0.2, 0) is 16.0 Å². The standard InChI is InChI=1S/C19H21NO4/c1-13-6-4-5-7-14(13)12-17(21)20-15-8-10-16(11-9-15)24-19(2,3)18(22)23/h4-11H,12H2,1-3H3,(H,20,21)(H,22,23). The van der Waals surface area contributed by atoms with Crippen LogP contribution in [0.4, 0.5) is 5.69 Å². The Morgan fingerprint density at radius 2 is 1.71 bits per heavy atom. The van der Waals surface area contributed by atoms with Crippen molar-refractivity contribution in [3.8, 4) is 5.75 Å². The molecule has 0 heterocycles. The van der Waals surface area contributed by atoms with Crippen LogP contribution in [0, 0.1) is 6.92 Å². The minimum absolute atomic E-state index is 0.108. The van der Waals surface area contributed by atoms with E-state index < -0.39 is 11.6 Å². The van der Waals surface area contributed by atoms with Crippen LogP contribution in [0.25, 0.3) is 0 Å². The van der Waals surface area contributed by atoms with Crippen LogP contribution in [0.5, 0.6) is 5.75 Å². The van der Waals surface area contributed by atoms with Crippen LogP contribution in [0.2, 0.25) is 0 Å². The van der Waals surface area contributed by atoms with Crippen molar-refractivity contribution < 1.29 is 19.4 Å². The number of carboxylic acid groups (broad SMARTS) is 1. The van der Waals surface area contributed by atoms with Crippen LogP contribution in [-0.4, -0.2) is 22.6 Å². The van der Waals surface area contributed by atoms with Crippen molar-refractivity contribution in [1.82, 2.24) is 0 Å². The Kier molecular flexibility index (Phi) is 5.24. The van der Waals surface area contributed by atoms with Gasteiger partial charge >= 0.3 is 5.97 Å². The number of hydrogen-bond donors (Lipinski definition) is 2. The molecule has 0 aliphatic heterocycles. The molecule has 0 aliphatic carbocycles. The zero-order valence-corrected chi connectivity index (χ0v) is 14.0. The van der Waals surface area contributed by atoms with Crippen molar-refractivity contribution in [3.05, 3.63) is 59.7 Å². The topological polar surface area (TPSA) is 75.6 Å². The largest absolute Gasteiger partial charge is 0.478 e. The lowest BCUT2D eigenvalue weighted by Crippen LogP contribution is -2.37. The van der Waals surface area contributed by atoms with Gasteiger partial charge in [-0.25, -0.2) is 4.79 Å². The van der Waals surface area contributed by atoms with Crippen molar-refractivity contribution >= 4 is 17.6 Å². The maximum atomic E-state index is 12.1. The normalized spacial score (nSPS) is 11.0. The van der Waals surface area contributed by atoms with Gasteiger partial charge in [0, 0.05) is 5.69 Å². The highest BCUT2D eigenvalue weighted by atomic mass is 16.5. The number of hydrogen-bond acceptors (Lipinski definition) is 3. The molecule has 0 aromatic heterocycles. The number of rotatable bonds is 6. The lowest BCUT2D eigenvalue weighted by molar-refractivity contribution is -0.152. The molecular weight excluding hydrogens is 306 g/mol. The van der Waals surface area contributed by atoms with Gasteiger partial charge in [0.15, 0.2) is 5.60 Å². The molecule has 1 amide bonds. The summed E-state index contributed by atoms with van der Waals surface area (Å²) >= 11 is 0. The first-order chi connectivity index (χ1) is 11.3. The summed E-state index contributed by atoms with van der Waals surface area (Å²) in [6, 6.07) is 14.4. The van der Waals surface area contributed by atoms with Crippen molar-refractivity contribution in [1.29, 1.82) is 0 Å². The zero-order valence-electron chi connectivity index (χ0n) is 14.0. The van der Waals surface area contributed by atoms with E-state index in [0.717, 1.165) is 11.1 Å². The minimum Gasteiger partial charge on any atom is -0.478 e. The van der Waals surface area contributed by atoms with Gasteiger partial charge in [-0.2, -0.15) is 0 Å². The van der Waals surface area contributed by atoms with E-state index in [4.69, 9.17) is 9.84 Å². The second-order valence-corrected chi connectivity index (χ2v) is 6.09. The van der Waals surface area contributed by atoms with E-state index in [1.54, 1.807) is 24.3 Å². The van der Waals surface area contributed by atoms with Gasteiger partial charge < -0.3 is 15.2 Å². The van der Waals surface area contributed by atoms with Gasteiger partial charge in [0.1, 0.15) is 5.75 Å². The summed E-state index contributed by atoms with van der Waals surface area (Å²) in [5.74, 6) is -0.721. The van der Waals surface area contributed by atoms with Crippen LogP contribution < -0.4 is 10.1 Å². The second kappa shape index (κ2) is 7.17. The summed E-state index contributed by atoms with van der Waals surface area (Å²) in [6.07, 6.45) is 0.303. The van der Waals surface area contributed by atoms with E-state index in [2.05, 4.69) is 5.32 Å². The first-order valence-corrected chi connectivity index (χ1v) is 7.65. The minimum atomic E-state index is -1.31. The SMILES string of the molecule is Cc1ccccc1CC(=O)Nc1ccc(OC(C)(C)C(=O)O)cc1. The highest BCUT2D eigenvalue weighted by molar-refractivity contribution is 5.92. The molecule has 2 N–H and O–H groups in total. The molecule has 0 unspecified atom stereocenters. The van der Waals surface area contributed by atoms with Gasteiger partial charge in [0.05, 0.1) is 6.42 Å². The third-order valence-corrected chi connectivity index (χ3v) is 3.64. The molecule has 5 heteroatoms. The number of carbonyl (C=O) groups is 2. The van der Waals surface area contributed by atoms with Gasteiger partial charge in [-0.3, -0.25) is 4.79 Å². The smallest absolute Gasteiger partial charge is 0.347 e. The lowest BCUT2D eigenvalue weighted by atomic mass is 10.1. The van der Waals surface area contributed by atoms with Gasteiger partial charge in [-0.1, -0.05) is 24.3 Å². The molecule has 5 nitrogen and oxygen atoms in total. The third kappa shape index (κ3) is 4.59. The zero-order chi connectivity index (χ0) is 17.7. The summed E-state index contributed by atoms with van der Waals surface area (Å²) < 4.78 is 5.42. The Balaban J connectivity index is 1.98. The van der Waals surface area contributed by atoms with Crippen molar-refractivity contribution in [2.45, 2.75) is 32.8 Å². The fraction of sp³-hybridized carbons (Fsp3) is 0.263. The van der Waals surface area contributed by atoms with Crippen LogP contribution >= 0.6 is 0 Å². The molecule has 0 aliphatic rings. The molecule has 2 rings (SSSR count). The number of amides is 1. The second-order valence-electron chi connectivity index (χ2n) is 6.09. The van der Waals surface area contributed by atoms with Crippen LogP contribution in [0.15, 0.2) is 48.5 Å². The number of benzene rings is 2. The fourth-order valence-electron chi connectivity index (χ4n) is 2.13. The molecular formula is C19H21NO4. The van der Waals surface area contributed by atoms with Crippen molar-refractivity contribution in [2.24, 2.45) is 0 Å². The predicted molar refractivity (Wildman–Crippen MR) is 92.3 cm³/mol. The Hall–Kier alpha value is -2.82. The van der Waals surface area contributed by atoms with E-state index in [1.165, 1.54) is 13.8 Å². The summed E-state index contributed by atoms with van der Waals surface area (Å²) in [7, 11) is 0. The first kappa shape index (κ1) is 17.5. The van der Waals surface area contributed by atoms with E-state index >= 15 is 0 Å². The summed E-state index contributed by atoms with van der Waals surface area (Å²) in [6.45, 7) is 4.93. The number of ether oxygens (including phenoxy) is 1. The van der Waals surface area contributed by atoms with E-state index in [-0.39, 0.29) is 5.91 Å². The van der Waals surface area contributed by atoms with Gasteiger partial charge in [0.25, 0.3) is 0 Å². The Bertz CT molecular complexity index is 735. The molecule has 0 atom stereocenters. The maximum absolute atomic E-state index is 12.1. The van der Waals surface area contributed by atoms with Gasteiger partial charge in [-0.05, 0) is 56.2 Å². The predicted octanol–water partition coefficient (Wildman–Crippen LogP) is 3.42. The molecule has 0 radical (unpaired) electrons. The molecule has 2 aromatic rings. The fourth-order valence-corrected chi connectivity index (χ4v) is 2.13. The molecule has 0 spiro atoms. The van der Waals surface area contributed by atoms with E-state index in [0.29, 0.717) is 17.9 Å². The Labute approximate surface area is 141 Å². The molecule has 0 saturated carbocycles. The Morgan fingerprint density at radius 3 is 2.29 bits per heavy atom. The maximum Gasteiger partial charge on any atom is 0.347 e. The third-order valence-electron chi connectivity index (χ3n) is 3.64. The van der Waals surface area contributed by atoms with Gasteiger partial charge in [-0.15, -0.1) is 0 Å². The van der Waals surface area contributed by atoms with E-state index in [1.807, 2.05) is 31.2 Å². The van der Waals surface area contributed by atoms with E-state index in [9.17, 15) is 9.59 Å². The molecule has 0 bridgehead atoms. The number of anilines is 1. The quantitative estimate of drug-likeness (QED) is 0.852. The molecule has 0 fully saturated rings. The van der Waals surface area contributed by atoms with Crippen LogP contribution in [0.1, 0.15) is 25.0 Å². The highest BCUT2D eigenvalue weighted by Gasteiger charge is 2.29. The average Bonchev–Trinajstić information content (AvgIpc) is 2.51.